The fourth-order valence-corrected chi connectivity index (χ4v) is 2.56. The summed E-state index contributed by atoms with van der Waals surface area (Å²) in [5.41, 5.74) is 3.16. The summed E-state index contributed by atoms with van der Waals surface area (Å²) in [6.45, 7) is 5.68. The summed E-state index contributed by atoms with van der Waals surface area (Å²) < 4.78 is 24.4. The standard InChI is InChI=1S/C20H19FN2O3/c1-12-8-9-15(21)10-18(12)22-20(24)16-6-4-5-7-19(16)25-11-17-13(2)23-26-14(17)3/h4-10H,11H2,1-3H3,(H,22,24). The van der Waals surface area contributed by atoms with E-state index in [0.29, 0.717) is 22.8 Å². The van der Waals surface area contributed by atoms with Crippen molar-refractivity contribution in [2.75, 3.05) is 5.32 Å². The summed E-state index contributed by atoms with van der Waals surface area (Å²) in [6, 6.07) is 11.2. The Balaban J connectivity index is 1.80. The number of nitrogens with zero attached hydrogens (tertiary/aromatic N) is 1. The number of ether oxygens (including phenoxy) is 1. The van der Waals surface area contributed by atoms with Crippen molar-refractivity contribution in [3.8, 4) is 5.75 Å². The number of hydrogen-bond acceptors (Lipinski definition) is 4. The molecule has 0 saturated heterocycles. The number of carbonyl (C=O) groups is 1. The van der Waals surface area contributed by atoms with Crippen molar-refractivity contribution in [2.24, 2.45) is 0 Å². The monoisotopic (exact) mass is 354 g/mol. The molecule has 6 heteroatoms. The van der Waals surface area contributed by atoms with E-state index in [-0.39, 0.29) is 12.5 Å². The van der Waals surface area contributed by atoms with Crippen molar-refractivity contribution in [1.29, 1.82) is 0 Å². The zero-order valence-electron chi connectivity index (χ0n) is 14.8. The Morgan fingerprint density at radius 1 is 1.19 bits per heavy atom. The summed E-state index contributed by atoms with van der Waals surface area (Å²) in [5.74, 6) is 0.334. The van der Waals surface area contributed by atoms with Crippen molar-refractivity contribution in [2.45, 2.75) is 27.4 Å². The van der Waals surface area contributed by atoms with E-state index < -0.39 is 5.82 Å². The molecule has 3 rings (SSSR count). The first-order valence-electron chi connectivity index (χ1n) is 8.17. The SMILES string of the molecule is Cc1ccc(F)cc1NC(=O)c1ccccc1OCc1c(C)noc1C. The average Bonchev–Trinajstić information content (AvgIpc) is 2.94. The number of para-hydroxylation sites is 1. The molecule has 2 aromatic carbocycles. The minimum Gasteiger partial charge on any atom is -0.488 e. The molecule has 0 fully saturated rings. The molecular weight excluding hydrogens is 335 g/mol. The van der Waals surface area contributed by atoms with Crippen LogP contribution in [0.15, 0.2) is 47.0 Å². The molecule has 0 aliphatic carbocycles. The number of hydrogen-bond donors (Lipinski definition) is 1. The normalized spacial score (nSPS) is 10.6. The van der Waals surface area contributed by atoms with Crippen LogP contribution < -0.4 is 10.1 Å². The number of benzene rings is 2. The van der Waals surface area contributed by atoms with Gasteiger partial charge >= 0.3 is 0 Å². The van der Waals surface area contributed by atoms with Crippen molar-refractivity contribution in [3.63, 3.8) is 0 Å². The van der Waals surface area contributed by atoms with E-state index in [1.165, 1.54) is 12.1 Å². The number of carbonyl (C=O) groups excluding carboxylic acids is 1. The highest BCUT2D eigenvalue weighted by atomic mass is 19.1. The second-order valence-corrected chi connectivity index (χ2v) is 6.00. The molecule has 0 radical (unpaired) electrons. The Morgan fingerprint density at radius 2 is 1.96 bits per heavy atom. The average molecular weight is 354 g/mol. The minimum absolute atomic E-state index is 0.241. The number of nitrogens with one attached hydrogen (secondary N) is 1. The molecule has 0 unspecified atom stereocenters. The first-order chi connectivity index (χ1) is 12.5. The van der Waals surface area contributed by atoms with Crippen LogP contribution in [0.25, 0.3) is 0 Å². The van der Waals surface area contributed by atoms with Gasteiger partial charge in [-0.1, -0.05) is 23.4 Å². The molecule has 0 saturated carbocycles. The largest absolute Gasteiger partial charge is 0.488 e. The third-order valence-corrected chi connectivity index (χ3v) is 4.13. The van der Waals surface area contributed by atoms with E-state index in [2.05, 4.69) is 10.5 Å². The maximum Gasteiger partial charge on any atom is 0.259 e. The van der Waals surface area contributed by atoms with Gasteiger partial charge in [-0.05, 0) is 50.6 Å². The second-order valence-electron chi connectivity index (χ2n) is 6.00. The van der Waals surface area contributed by atoms with Crippen LogP contribution in [0.2, 0.25) is 0 Å². The Labute approximate surface area is 150 Å². The summed E-state index contributed by atoms with van der Waals surface area (Å²) in [7, 11) is 0. The Hall–Kier alpha value is -3.15. The van der Waals surface area contributed by atoms with E-state index >= 15 is 0 Å². The van der Waals surface area contributed by atoms with Crippen LogP contribution in [0.3, 0.4) is 0 Å². The summed E-state index contributed by atoms with van der Waals surface area (Å²) in [4.78, 5) is 12.6. The number of aryl methyl sites for hydroxylation is 3. The van der Waals surface area contributed by atoms with Crippen LogP contribution in [0.4, 0.5) is 10.1 Å². The highest BCUT2D eigenvalue weighted by Crippen LogP contribution is 2.24. The molecule has 5 nitrogen and oxygen atoms in total. The second kappa shape index (κ2) is 7.39. The zero-order valence-corrected chi connectivity index (χ0v) is 14.8. The molecule has 1 heterocycles. The summed E-state index contributed by atoms with van der Waals surface area (Å²) in [6.07, 6.45) is 0. The van der Waals surface area contributed by atoms with Gasteiger partial charge in [-0.3, -0.25) is 4.79 Å². The topological polar surface area (TPSA) is 64.4 Å². The van der Waals surface area contributed by atoms with E-state index in [4.69, 9.17) is 9.26 Å². The maximum absolute atomic E-state index is 13.4. The highest BCUT2D eigenvalue weighted by molar-refractivity contribution is 6.06. The first kappa shape index (κ1) is 17.7. The minimum atomic E-state index is -0.408. The predicted molar refractivity (Wildman–Crippen MR) is 95.8 cm³/mol. The molecule has 0 spiro atoms. The van der Waals surface area contributed by atoms with Crippen LogP contribution in [-0.4, -0.2) is 11.1 Å². The van der Waals surface area contributed by atoms with Crippen LogP contribution in [0.5, 0.6) is 5.75 Å². The third-order valence-electron chi connectivity index (χ3n) is 4.13. The molecule has 0 aliphatic heterocycles. The van der Waals surface area contributed by atoms with Crippen molar-refractivity contribution >= 4 is 11.6 Å². The molecule has 0 atom stereocenters. The van der Waals surface area contributed by atoms with Gasteiger partial charge in [0.1, 0.15) is 23.9 Å². The van der Waals surface area contributed by atoms with Crippen LogP contribution >= 0.6 is 0 Å². The maximum atomic E-state index is 13.4. The van der Waals surface area contributed by atoms with Gasteiger partial charge in [0.2, 0.25) is 0 Å². The highest BCUT2D eigenvalue weighted by Gasteiger charge is 2.16. The van der Waals surface area contributed by atoms with Gasteiger partial charge in [-0.2, -0.15) is 0 Å². The van der Waals surface area contributed by atoms with Gasteiger partial charge in [0.05, 0.1) is 16.8 Å². The third kappa shape index (κ3) is 3.74. The molecule has 134 valence electrons. The first-order valence-corrected chi connectivity index (χ1v) is 8.17. The van der Waals surface area contributed by atoms with Crippen LogP contribution in [0, 0.1) is 26.6 Å². The lowest BCUT2D eigenvalue weighted by Crippen LogP contribution is -2.14. The summed E-state index contributed by atoms with van der Waals surface area (Å²) >= 11 is 0. The lowest BCUT2D eigenvalue weighted by Gasteiger charge is -2.13. The van der Waals surface area contributed by atoms with Crippen LogP contribution in [-0.2, 0) is 6.61 Å². The summed E-state index contributed by atoms with van der Waals surface area (Å²) in [5, 5.41) is 6.62. The zero-order chi connectivity index (χ0) is 18.7. The van der Waals surface area contributed by atoms with Gasteiger partial charge in [-0.25, -0.2) is 4.39 Å². The fraction of sp³-hybridized carbons (Fsp3) is 0.200. The molecular formula is C20H19FN2O3. The number of halogens is 1. The van der Waals surface area contributed by atoms with Gasteiger partial charge in [0, 0.05) is 5.69 Å². The van der Waals surface area contributed by atoms with Gasteiger partial charge in [0.25, 0.3) is 5.91 Å². The molecule has 0 bridgehead atoms. The predicted octanol–water partition coefficient (Wildman–Crippen LogP) is 4.57. The Kier molecular flexibility index (Phi) is 5.02. The molecule has 26 heavy (non-hydrogen) atoms. The van der Waals surface area contributed by atoms with Gasteiger partial charge in [-0.15, -0.1) is 0 Å². The molecule has 0 aliphatic rings. The number of anilines is 1. The molecule has 3 aromatic rings. The van der Waals surface area contributed by atoms with E-state index in [1.807, 2.05) is 13.8 Å². The van der Waals surface area contributed by atoms with E-state index in [0.717, 1.165) is 16.8 Å². The molecule has 1 aromatic heterocycles. The van der Waals surface area contributed by atoms with Crippen molar-refractivity contribution in [3.05, 3.63) is 76.4 Å². The number of rotatable bonds is 5. The van der Waals surface area contributed by atoms with Gasteiger partial charge in [0.15, 0.2) is 0 Å². The Bertz CT molecular complexity index is 930. The van der Waals surface area contributed by atoms with Gasteiger partial charge < -0.3 is 14.6 Å². The Morgan fingerprint density at radius 3 is 2.69 bits per heavy atom. The number of aromatic nitrogens is 1. The van der Waals surface area contributed by atoms with Crippen molar-refractivity contribution in [1.82, 2.24) is 5.16 Å². The smallest absolute Gasteiger partial charge is 0.259 e. The fourth-order valence-electron chi connectivity index (χ4n) is 2.56. The lowest BCUT2D eigenvalue weighted by atomic mass is 10.1. The van der Waals surface area contributed by atoms with E-state index in [1.54, 1.807) is 37.3 Å². The number of amides is 1. The van der Waals surface area contributed by atoms with E-state index in [9.17, 15) is 9.18 Å². The quantitative estimate of drug-likeness (QED) is 0.729. The van der Waals surface area contributed by atoms with Crippen molar-refractivity contribution < 1.29 is 18.4 Å². The van der Waals surface area contributed by atoms with Crippen LogP contribution in [0.1, 0.15) is 32.9 Å². The molecule has 1 N–H and O–H groups in total. The molecule has 1 amide bonds. The lowest BCUT2D eigenvalue weighted by molar-refractivity contribution is 0.102.